The van der Waals surface area contributed by atoms with Gasteiger partial charge < -0.3 is 10.4 Å². The summed E-state index contributed by atoms with van der Waals surface area (Å²) in [7, 11) is 0. The summed E-state index contributed by atoms with van der Waals surface area (Å²) in [5, 5.41) is 12.6. The highest BCUT2D eigenvalue weighted by molar-refractivity contribution is 5.87. The first-order chi connectivity index (χ1) is 9.88. The molecule has 1 aromatic rings. The maximum absolute atomic E-state index is 10.9. The molecule has 1 aliphatic carbocycles. The molecule has 0 saturated heterocycles. The Balaban J connectivity index is 1.96. The van der Waals surface area contributed by atoms with Gasteiger partial charge in [-0.2, -0.15) is 0 Å². The van der Waals surface area contributed by atoms with Crippen LogP contribution in [0.4, 0.5) is 0 Å². The molecule has 3 heteroatoms. The highest BCUT2D eigenvalue weighted by Crippen LogP contribution is 2.38. The molecule has 1 aromatic carbocycles. The minimum Gasteiger partial charge on any atom is -0.478 e. The Bertz CT molecular complexity index is 473. The van der Waals surface area contributed by atoms with Crippen molar-refractivity contribution < 1.29 is 9.90 Å². The lowest BCUT2D eigenvalue weighted by Gasteiger charge is -2.41. The van der Waals surface area contributed by atoms with E-state index in [0.29, 0.717) is 22.9 Å². The zero-order valence-electron chi connectivity index (χ0n) is 13.4. The molecule has 3 nitrogen and oxygen atoms in total. The molecule has 1 fully saturated rings. The predicted octanol–water partition coefficient (Wildman–Crippen LogP) is 4.08. The van der Waals surface area contributed by atoms with Crippen molar-refractivity contribution in [3.8, 4) is 0 Å². The van der Waals surface area contributed by atoms with Crippen LogP contribution in [0.1, 0.15) is 62.4 Å². The van der Waals surface area contributed by atoms with E-state index in [0.717, 1.165) is 12.1 Å². The van der Waals surface area contributed by atoms with Crippen LogP contribution in [0.25, 0.3) is 0 Å². The van der Waals surface area contributed by atoms with E-state index < -0.39 is 5.97 Å². The first-order valence-electron chi connectivity index (χ1n) is 7.93. The Morgan fingerprint density at radius 2 is 1.81 bits per heavy atom. The second kappa shape index (κ2) is 6.61. The van der Waals surface area contributed by atoms with Crippen LogP contribution in [0.2, 0.25) is 0 Å². The Morgan fingerprint density at radius 1 is 1.19 bits per heavy atom. The number of nitrogens with one attached hydrogen (secondary N) is 1. The quantitative estimate of drug-likeness (QED) is 0.878. The van der Waals surface area contributed by atoms with Crippen molar-refractivity contribution in [3.05, 3.63) is 35.4 Å². The number of hydrogen-bond acceptors (Lipinski definition) is 2. The maximum atomic E-state index is 10.9. The van der Waals surface area contributed by atoms with Crippen LogP contribution in [-0.4, -0.2) is 17.1 Å². The number of aromatic carboxylic acids is 1. The molecule has 0 aromatic heterocycles. The normalized spacial score (nSPS) is 23.0. The van der Waals surface area contributed by atoms with Crippen LogP contribution in [0.15, 0.2) is 24.3 Å². The van der Waals surface area contributed by atoms with E-state index in [2.05, 4.69) is 26.1 Å². The van der Waals surface area contributed by atoms with Gasteiger partial charge in [0.2, 0.25) is 0 Å². The molecule has 0 spiro atoms. The van der Waals surface area contributed by atoms with Gasteiger partial charge in [-0.05, 0) is 41.9 Å². The van der Waals surface area contributed by atoms with Gasteiger partial charge in [-0.1, -0.05) is 45.7 Å². The predicted molar refractivity (Wildman–Crippen MR) is 85.4 cm³/mol. The van der Waals surface area contributed by atoms with E-state index in [1.807, 2.05) is 12.1 Å². The lowest BCUT2D eigenvalue weighted by molar-refractivity contribution is 0.0697. The molecule has 0 aliphatic heterocycles. The monoisotopic (exact) mass is 289 g/mol. The SMILES string of the molecule is CC(C)(C)C1CCCCC1NCc1ccc(C(=O)O)cc1. The highest BCUT2D eigenvalue weighted by atomic mass is 16.4. The first kappa shape index (κ1) is 16.0. The van der Waals surface area contributed by atoms with Gasteiger partial charge in [0, 0.05) is 12.6 Å². The van der Waals surface area contributed by atoms with E-state index in [4.69, 9.17) is 5.11 Å². The van der Waals surface area contributed by atoms with Crippen LogP contribution in [0.5, 0.6) is 0 Å². The molecule has 0 radical (unpaired) electrons. The number of benzene rings is 1. The highest BCUT2D eigenvalue weighted by Gasteiger charge is 2.33. The molecular weight excluding hydrogens is 262 g/mol. The fraction of sp³-hybridized carbons (Fsp3) is 0.611. The van der Waals surface area contributed by atoms with Gasteiger partial charge in [0.05, 0.1) is 5.56 Å². The van der Waals surface area contributed by atoms with Crippen molar-refractivity contribution in [1.82, 2.24) is 5.32 Å². The third-order valence-electron chi connectivity index (χ3n) is 4.65. The Labute approximate surface area is 127 Å². The van der Waals surface area contributed by atoms with Crippen LogP contribution >= 0.6 is 0 Å². The molecule has 0 bridgehead atoms. The summed E-state index contributed by atoms with van der Waals surface area (Å²) in [5.41, 5.74) is 1.84. The molecule has 2 atom stereocenters. The summed E-state index contributed by atoms with van der Waals surface area (Å²) in [6.45, 7) is 7.81. The standard InChI is InChI=1S/C18H27NO2/c1-18(2,3)15-6-4-5-7-16(15)19-12-13-8-10-14(11-9-13)17(20)21/h8-11,15-16,19H,4-7,12H2,1-3H3,(H,20,21). The van der Waals surface area contributed by atoms with Crippen LogP contribution < -0.4 is 5.32 Å². The molecule has 2 N–H and O–H groups in total. The van der Waals surface area contributed by atoms with E-state index in [1.165, 1.54) is 25.7 Å². The van der Waals surface area contributed by atoms with E-state index in [1.54, 1.807) is 12.1 Å². The molecule has 1 saturated carbocycles. The lowest BCUT2D eigenvalue weighted by atomic mass is 9.69. The number of carboxylic acid groups (broad SMARTS) is 1. The smallest absolute Gasteiger partial charge is 0.335 e. The molecule has 0 amide bonds. The summed E-state index contributed by atoms with van der Waals surface area (Å²) in [5.74, 6) is -0.154. The zero-order valence-corrected chi connectivity index (χ0v) is 13.4. The van der Waals surface area contributed by atoms with Crippen LogP contribution in [-0.2, 0) is 6.54 Å². The Kier molecular flexibility index (Phi) is 5.04. The van der Waals surface area contributed by atoms with Crippen molar-refractivity contribution in [2.45, 2.75) is 59.0 Å². The van der Waals surface area contributed by atoms with Crippen molar-refractivity contribution in [2.75, 3.05) is 0 Å². The maximum Gasteiger partial charge on any atom is 0.335 e. The summed E-state index contributed by atoms with van der Waals surface area (Å²) >= 11 is 0. The molecule has 2 rings (SSSR count). The number of carboxylic acids is 1. The third-order valence-corrected chi connectivity index (χ3v) is 4.65. The van der Waals surface area contributed by atoms with E-state index in [-0.39, 0.29) is 0 Å². The molecule has 0 heterocycles. The fourth-order valence-corrected chi connectivity index (χ4v) is 3.43. The van der Waals surface area contributed by atoms with Gasteiger partial charge in [-0.15, -0.1) is 0 Å². The summed E-state index contributed by atoms with van der Waals surface area (Å²) in [6.07, 6.45) is 5.20. The molecule has 2 unspecified atom stereocenters. The second-order valence-corrected chi connectivity index (χ2v) is 7.25. The summed E-state index contributed by atoms with van der Waals surface area (Å²) < 4.78 is 0. The third kappa shape index (κ3) is 4.31. The van der Waals surface area contributed by atoms with Gasteiger partial charge in [0.15, 0.2) is 0 Å². The topological polar surface area (TPSA) is 49.3 Å². The molecular formula is C18H27NO2. The van der Waals surface area contributed by atoms with E-state index in [9.17, 15) is 4.79 Å². The number of rotatable bonds is 4. The van der Waals surface area contributed by atoms with Crippen molar-refractivity contribution in [1.29, 1.82) is 0 Å². The molecule has 21 heavy (non-hydrogen) atoms. The molecule has 1 aliphatic rings. The number of carbonyl (C=O) groups is 1. The average Bonchev–Trinajstić information content (AvgIpc) is 2.45. The van der Waals surface area contributed by atoms with Crippen LogP contribution in [0, 0.1) is 11.3 Å². The van der Waals surface area contributed by atoms with Gasteiger partial charge >= 0.3 is 5.97 Å². The van der Waals surface area contributed by atoms with Crippen molar-refractivity contribution in [3.63, 3.8) is 0 Å². The largest absolute Gasteiger partial charge is 0.478 e. The minimum absolute atomic E-state index is 0.339. The fourth-order valence-electron chi connectivity index (χ4n) is 3.43. The first-order valence-corrected chi connectivity index (χ1v) is 7.93. The molecule has 116 valence electrons. The van der Waals surface area contributed by atoms with E-state index >= 15 is 0 Å². The van der Waals surface area contributed by atoms with Gasteiger partial charge in [-0.25, -0.2) is 4.79 Å². The Hall–Kier alpha value is -1.35. The minimum atomic E-state index is -0.866. The van der Waals surface area contributed by atoms with Gasteiger partial charge in [0.25, 0.3) is 0 Å². The second-order valence-electron chi connectivity index (χ2n) is 7.25. The van der Waals surface area contributed by atoms with Crippen molar-refractivity contribution >= 4 is 5.97 Å². The van der Waals surface area contributed by atoms with Crippen molar-refractivity contribution in [2.24, 2.45) is 11.3 Å². The van der Waals surface area contributed by atoms with Gasteiger partial charge in [0.1, 0.15) is 0 Å². The van der Waals surface area contributed by atoms with Crippen LogP contribution in [0.3, 0.4) is 0 Å². The Morgan fingerprint density at radius 3 is 2.38 bits per heavy atom. The lowest BCUT2D eigenvalue weighted by Crippen LogP contribution is -2.43. The van der Waals surface area contributed by atoms with Gasteiger partial charge in [-0.3, -0.25) is 0 Å². The zero-order chi connectivity index (χ0) is 15.5. The average molecular weight is 289 g/mol. The summed E-state index contributed by atoms with van der Waals surface area (Å²) in [4.78, 5) is 10.9. The summed E-state index contributed by atoms with van der Waals surface area (Å²) in [6, 6.07) is 7.75. The number of hydrogen-bond donors (Lipinski definition) is 2.